The van der Waals surface area contributed by atoms with Gasteiger partial charge in [0.15, 0.2) is 5.78 Å². The molecule has 60 heavy (non-hydrogen) atoms. The van der Waals surface area contributed by atoms with E-state index in [1.807, 2.05) is 0 Å². The van der Waals surface area contributed by atoms with Crippen molar-refractivity contribution in [1.82, 2.24) is 9.80 Å². The molecule has 0 saturated heterocycles. The maximum Gasteiger partial charge on any atom is 0.155 e. The molecule has 0 N–H and O–H groups in total. The van der Waals surface area contributed by atoms with E-state index in [0.717, 1.165) is 43.4 Å². The zero-order valence-corrected chi connectivity index (χ0v) is 42.3. The minimum absolute atomic E-state index is 0.183. The van der Waals surface area contributed by atoms with Gasteiger partial charge in [-0.05, 0) is 115 Å². The second-order valence-electron chi connectivity index (χ2n) is 19.9. The summed E-state index contributed by atoms with van der Waals surface area (Å²) in [6.07, 6.45) is 49.9. The number of unbranched alkanes of at least 4 members (excludes halogenated alkanes) is 18. The zero-order valence-electron chi connectivity index (χ0n) is 42.3. The van der Waals surface area contributed by atoms with Gasteiger partial charge in [-0.25, -0.2) is 0 Å². The summed E-state index contributed by atoms with van der Waals surface area (Å²) in [6, 6.07) is 0. The molecule has 1 fully saturated rings. The first-order chi connectivity index (χ1) is 29.3. The van der Waals surface area contributed by atoms with Crippen molar-refractivity contribution < 1.29 is 9.59 Å². The molecule has 0 aromatic rings. The minimum Gasteiger partial charge on any atom is -0.309 e. The van der Waals surface area contributed by atoms with Gasteiger partial charge in [0.1, 0.15) is 5.78 Å². The quantitative estimate of drug-likeness (QED) is 0.0452. The average molecular weight is 844 g/mol. The summed E-state index contributed by atoms with van der Waals surface area (Å²) >= 11 is 0. The maximum absolute atomic E-state index is 12.8. The van der Waals surface area contributed by atoms with Gasteiger partial charge in [-0.15, -0.1) is 0 Å². The fourth-order valence-electron chi connectivity index (χ4n) is 9.44. The number of ketones is 2. The Morgan fingerprint density at radius 1 is 0.483 bits per heavy atom. The van der Waals surface area contributed by atoms with Crippen LogP contribution in [0.15, 0.2) is 12.7 Å². The van der Waals surface area contributed by atoms with Crippen molar-refractivity contribution in [2.45, 2.75) is 272 Å². The Balaban J connectivity index is 0.00000195. The lowest BCUT2D eigenvalue weighted by molar-refractivity contribution is -0.120. The van der Waals surface area contributed by atoms with Crippen LogP contribution in [0.3, 0.4) is 0 Å². The summed E-state index contributed by atoms with van der Waals surface area (Å²) in [7, 11) is 4.33. The molecule has 2 atom stereocenters. The molecular formula is C56H110N2O2. The Morgan fingerprint density at radius 3 is 1.32 bits per heavy atom. The highest BCUT2D eigenvalue weighted by Gasteiger charge is 2.41. The van der Waals surface area contributed by atoms with Crippen LogP contribution in [0.1, 0.15) is 272 Å². The summed E-state index contributed by atoms with van der Waals surface area (Å²) in [5.74, 6) is 3.88. The summed E-state index contributed by atoms with van der Waals surface area (Å²) < 4.78 is 0. The van der Waals surface area contributed by atoms with E-state index in [2.05, 4.69) is 65.1 Å². The van der Waals surface area contributed by atoms with Crippen molar-refractivity contribution in [2.75, 3.05) is 40.3 Å². The summed E-state index contributed by atoms with van der Waals surface area (Å²) in [4.78, 5) is 29.2. The molecule has 2 unspecified atom stereocenters. The molecule has 0 heterocycles. The predicted molar refractivity (Wildman–Crippen MR) is 268 cm³/mol. The lowest BCUT2D eigenvalue weighted by Gasteiger charge is -2.23. The third-order valence-electron chi connectivity index (χ3n) is 13.7. The van der Waals surface area contributed by atoms with Gasteiger partial charge in [-0.2, -0.15) is 0 Å². The van der Waals surface area contributed by atoms with Crippen molar-refractivity contribution in [3.63, 3.8) is 0 Å². The molecule has 0 spiro atoms. The Labute approximate surface area is 378 Å². The highest BCUT2D eigenvalue weighted by Crippen LogP contribution is 2.44. The number of carbonyl (C=O) groups excluding carboxylic acids is 2. The van der Waals surface area contributed by atoms with Gasteiger partial charge < -0.3 is 9.80 Å². The van der Waals surface area contributed by atoms with Crippen LogP contribution in [0.4, 0.5) is 0 Å². The standard InChI is InChI=1S/C41H78N2O2.C15H32/c1-6-9-17-26-37(27-18-10-7-2)28-25-29-38-36-40(38)41(45)31-20-14-12-16-22-34-43(35-24-23-32-42(4)5)33-21-15-11-13-19-30-39(44)8-3;1-4-7-10-13-15(12-9-6-3)14-11-8-5-2/h8,37-38,40H,3,6-7,9-36H2,1-2,4-5H3;15H,4-14H2,1-3H3. The lowest BCUT2D eigenvalue weighted by Crippen LogP contribution is -2.28. The molecular weight excluding hydrogens is 733 g/mol. The van der Waals surface area contributed by atoms with Gasteiger partial charge in [0.05, 0.1) is 0 Å². The molecule has 4 heteroatoms. The normalized spacial score (nSPS) is 15.0. The maximum atomic E-state index is 12.8. The molecule has 356 valence electrons. The third kappa shape index (κ3) is 38.7. The molecule has 1 aliphatic rings. The van der Waals surface area contributed by atoms with Crippen molar-refractivity contribution in [3.8, 4) is 0 Å². The summed E-state index contributed by atoms with van der Waals surface area (Å²) in [5, 5.41) is 0. The fraction of sp³-hybridized carbons (Fsp3) is 0.929. The van der Waals surface area contributed by atoms with E-state index in [0.29, 0.717) is 18.1 Å². The van der Waals surface area contributed by atoms with Crippen LogP contribution in [0.2, 0.25) is 0 Å². The Bertz CT molecular complexity index is 912. The van der Waals surface area contributed by atoms with E-state index in [4.69, 9.17) is 0 Å². The molecule has 1 rings (SSSR count). The molecule has 0 aromatic carbocycles. The van der Waals surface area contributed by atoms with E-state index in [9.17, 15) is 9.59 Å². The molecule has 0 amide bonds. The second-order valence-corrected chi connectivity index (χ2v) is 19.9. The van der Waals surface area contributed by atoms with E-state index in [-0.39, 0.29) is 5.78 Å². The van der Waals surface area contributed by atoms with Crippen molar-refractivity contribution in [3.05, 3.63) is 12.7 Å². The molecule has 1 aliphatic carbocycles. The SMILES string of the molecule is C=CC(=O)CCCCCCCN(CCCCCCCC(=O)C1CC1CCCC(CCCCC)CCCCC)CCCCN(C)C.CCCCCC(CCCC)CCCCC. The number of hydrogen-bond acceptors (Lipinski definition) is 4. The Morgan fingerprint density at radius 2 is 0.867 bits per heavy atom. The predicted octanol–water partition coefficient (Wildman–Crippen LogP) is 17.2. The number of carbonyl (C=O) groups is 2. The largest absolute Gasteiger partial charge is 0.309 e. The smallest absolute Gasteiger partial charge is 0.155 e. The fourth-order valence-corrected chi connectivity index (χ4v) is 9.44. The van der Waals surface area contributed by atoms with Gasteiger partial charge in [-0.3, -0.25) is 9.59 Å². The molecule has 0 aromatic heterocycles. The summed E-state index contributed by atoms with van der Waals surface area (Å²) in [5.41, 5.74) is 0. The second kappa shape index (κ2) is 44.6. The number of nitrogens with zero attached hydrogens (tertiary/aromatic N) is 2. The van der Waals surface area contributed by atoms with Crippen LogP contribution in [-0.4, -0.2) is 61.6 Å². The molecule has 1 saturated carbocycles. The number of Topliss-reactive ketones (excluding diaryl/α,β-unsaturated/α-hetero) is 1. The van der Waals surface area contributed by atoms with E-state index < -0.39 is 0 Å². The van der Waals surface area contributed by atoms with Crippen LogP contribution in [0.5, 0.6) is 0 Å². The van der Waals surface area contributed by atoms with Gasteiger partial charge in [0, 0.05) is 18.8 Å². The minimum atomic E-state index is 0.183. The molecule has 4 nitrogen and oxygen atoms in total. The van der Waals surface area contributed by atoms with Gasteiger partial charge >= 0.3 is 0 Å². The molecule has 0 bridgehead atoms. The van der Waals surface area contributed by atoms with Crippen LogP contribution in [0, 0.1) is 23.7 Å². The Hall–Kier alpha value is -1.00. The Kier molecular flexibility index (Phi) is 43.9. The monoisotopic (exact) mass is 843 g/mol. The lowest BCUT2D eigenvalue weighted by atomic mass is 9.90. The van der Waals surface area contributed by atoms with Crippen LogP contribution >= 0.6 is 0 Å². The number of rotatable bonds is 46. The van der Waals surface area contributed by atoms with Crippen LogP contribution in [0.25, 0.3) is 0 Å². The third-order valence-corrected chi connectivity index (χ3v) is 13.7. The van der Waals surface area contributed by atoms with Crippen molar-refractivity contribution in [2.24, 2.45) is 23.7 Å². The highest BCUT2D eigenvalue weighted by atomic mass is 16.1. The van der Waals surface area contributed by atoms with Gasteiger partial charge in [0.2, 0.25) is 0 Å². The van der Waals surface area contributed by atoms with Gasteiger partial charge in [-0.1, -0.05) is 215 Å². The molecule has 0 aliphatic heterocycles. The number of allylic oxidation sites excluding steroid dienone is 1. The van der Waals surface area contributed by atoms with Crippen LogP contribution in [-0.2, 0) is 9.59 Å². The first kappa shape index (κ1) is 59.0. The number of hydrogen-bond donors (Lipinski definition) is 0. The van der Waals surface area contributed by atoms with E-state index in [1.54, 1.807) is 0 Å². The van der Waals surface area contributed by atoms with Gasteiger partial charge in [0.25, 0.3) is 0 Å². The topological polar surface area (TPSA) is 40.6 Å². The first-order valence-corrected chi connectivity index (χ1v) is 27.3. The first-order valence-electron chi connectivity index (χ1n) is 27.3. The van der Waals surface area contributed by atoms with Crippen molar-refractivity contribution >= 4 is 11.6 Å². The van der Waals surface area contributed by atoms with E-state index >= 15 is 0 Å². The van der Waals surface area contributed by atoms with Crippen molar-refractivity contribution in [1.29, 1.82) is 0 Å². The highest BCUT2D eigenvalue weighted by molar-refractivity contribution is 5.88. The summed E-state index contributed by atoms with van der Waals surface area (Å²) in [6.45, 7) is 19.9. The van der Waals surface area contributed by atoms with E-state index in [1.165, 1.54) is 238 Å². The molecule has 0 radical (unpaired) electrons. The van der Waals surface area contributed by atoms with Crippen LogP contribution < -0.4 is 0 Å². The zero-order chi connectivity index (χ0) is 44.3. The average Bonchev–Trinajstić information content (AvgIpc) is 4.02.